The Labute approximate surface area is 223 Å². The first-order valence-corrected chi connectivity index (χ1v) is 14.1. The summed E-state index contributed by atoms with van der Waals surface area (Å²) in [7, 11) is 0.420. The van der Waals surface area contributed by atoms with Gasteiger partial charge in [0.1, 0.15) is 5.82 Å². The molecule has 1 fully saturated rings. The quantitative estimate of drug-likeness (QED) is 0.435. The molecule has 1 aliphatic rings. The van der Waals surface area contributed by atoms with Crippen molar-refractivity contribution < 1.29 is 13.7 Å². The van der Waals surface area contributed by atoms with Crippen molar-refractivity contribution in [3.05, 3.63) is 48.3 Å². The van der Waals surface area contributed by atoms with E-state index in [0.29, 0.717) is 16.5 Å². The van der Waals surface area contributed by atoms with Crippen LogP contribution in [0.1, 0.15) is 60.2 Å². The van der Waals surface area contributed by atoms with E-state index in [1.807, 2.05) is 40.0 Å². The number of imidazole rings is 1. The standard InChI is InChI=1S/C29H40N4O3S/c1-28(2,3)26-31-24-18-22(10-13-25(24)33(26)19-20-14-16-36-17-15-20)32(7)37(35)23-11-8-21(9-12-23)30-27(34)29(4,5)6/h8-13,18,20H,14-17,19H2,1-7H3,(H,30,34). The van der Waals surface area contributed by atoms with Crippen LogP contribution in [0.5, 0.6) is 0 Å². The van der Waals surface area contributed by atoms with Crippen molar-refractivity contribution in [2.75, 3.05) is 29.9 Å². The highest BCUT2D eigenvalue weighted by Crippen LogP contribution is 2.32. The van der Waals surface area contributed by atoms with Crippen molar-refractivity contribution in [1.82, 2.24) is 9.55 Å². The zero-order valence-corrected chi connectivity index (χ0v) is 23.9. The molecule has 1 aromatic heterocycles. The lowest BCUT2D eigenvalue weighted by molar-refractivity contribution is -0.123. The van der Waals surface area contributed by atoms with Gasteiger partial charge in [0.25, 0.3) is 0 Å². The van der Waals surface area contributed by atoms with Gasteiger partial charge < -0.3 is 14.6 Å². The third-order valence-corrected chi connectivity index (χ3v) is 8.18. The van der Waals surface area contributed by atoms with Gasteiger partial charge in [-0.3, -0.25) is 9.10 Å². The summed E-state index contributed by atoms with van der Waals surface area (Å²) in [4.78, 5) is 18.0. The van der Waals surface area contributed by atoms with E-state index in [9.17, 15) is 9.00 Å². The second-order valence-corrected chi connectivity index (χ2v) is 13.5. The number of hydrogen-bond acceptors (Lipinski definition) is 4. The molecule has 0 aliphatic carbocycles. The number of ether oxygens (including phenoxy) is 1. The van der Waals surface area contributed by atoms with Gasteiger partial charge in [0.05, 0.1) is 21.6 Å². The van der Waals surface area contributed by atoms with E-state index < -0.39 is 16.4 Å². The number of carbonyl (C=O) groups excluding carboxylic acids is 1. The number of anilines is 2. The lowest BCUT2D eigenvalue weighted by Crippen LogP contribution is -2.27. The molecular weight excluding hydrogens is 484 g/mol. The number of carbonyl (C=O) groups is 1. The van der Waals surface area contributed by atoms with Gasteiger partial charge >= 0.3 is 0 Å². The Morgan fingerprint density at radius 1 is 1.08 bits per heavy atom. The van der Waals surface area contributed by atoms with Crippen molar-refractivity contribution in [3.8, 4) is 0 Å². The van der Waals surface area contributed by atoms with E-state index in [1.165, 1.54) is 0 Å². The van der Waals surface area contributed by atoms with Gasteiger partial charge in [-0.1, -0.05) is 41.5 Å². The number of aromatic nitrogens is 2. The first-order valence-electron chi connectivity index (χ1n) is 13.0. The third kappa shape index (κ3) is 6.24. The van der Waals surface area contributed by atoms with Gasteiger partial charge in [-0.25, -0.2) is 9.19 Å². The van der Waals surface area contributed by atoms with Crippen LogP contribution in [0, 0.1) is 11.3 Å². The Morgan fingerprint density at radius 3 is 2.32 bits per heavy atom. The van der Waals surface area contributed by atoms with Crippen molar-refractivity contribution >= 4 is 39.3 Å². The number of hydrogen-bond donors (Lipinski definition) is 1. The van der Waals surface area contributed by atoms with Crippen LogP contribution in [0.4, 0.5) is 11.4 Å². The number of nitrogens with one attached hydrogen (secondary N) is 1. The lowest BCUT2D eigenvalue weighted by Gasteiger charge is -2.26. The summed E-state index contributed by atoms with van der Waals surface area (Å²) in [5, 5.41) is 2.91. The van der Waals surface area contributed by atoms with Gasteiger partial charge in [-0.05, 0) is 61.2 Å². The molecule has 4 rings (SSSR count). The minimum Gasteiger partial charge on any atom is -0.381 e. The van der Waals surface area contributed by atoms with Crippen LogP contribution >= 0.6 is 0 Å². The Morgan fingerprint density at radius 2 is 1.73 bits per heavy atom. The van der Waals surface area contributed by atoms with Crippen molar-refractivity contribution in [2.24, 2.45) is 11.3 Å². The maximum atomic E-state index is 13.4. The van der Waals surface area contributed by atoms with E-state index in [0.717, 1.165) is 55.1 Å². The topological polar surface area (TPSA) is 76.5 Å². The van der Waals surface area contributed by atoms with Crippen LogP contribution < -0.4 is 9.62 Å². The Hall–Kier alpha value is -2.71. The molecule has 1 aliphatic heterocycles. The molecule has 37 heavy (non-hydrogen) atoms. The smallest absolute Gasteiger partial charge is 0.229 e. The largest absolute Gasteiger partial charge is 0.381 e. The summed E-state index contributed by atoms with van der Waals surface area (Å²) in [6, 6.07) is 13.3. The molecular formula is C29H40N4O3S. The van der Waals surface area contributed by atoms with Gasteiger partial charge in [0.15, 0.2) is 11.0 Å². The third-order valence-electron chi connectivity index (χ3n) is 6.79. The fourth-order valence-corrected chi connectivity index (χ4v) is 5.48. The Bertz CT molecular complexity index is 1280. The number of fused-ring (bicyclic) bond motifs is 1. The van der Waals surface area contributed by atoms with Crippen molar-refractivity contribution in [2.45, 2.75) is 71.2 Å². The van der Waals surface area contributed by atoms with Crippen LogP contribution in [0.25, 0.3) is 11.0 Å². The molecule has 0 spiro atoms. The van der Waals surface area contributed by atoms with Gasteiger partial charge in [0.2, 0.25) is 5.91 Å². The molecule has 1 amide bonds. The van der Waals surface area contributed by atoms with E-state index in [4.69, 9.17) is 9.72 Å². The molecule has 0 radical (unpaired) electrons. The van der Waals surface area contributed by atoms with Gasteiger partial charge in [0, 0.05) is 43.3 Å². The molecule has 1 unspecified atom stereocenters. The summed E-state index contributed by atoms with van der Waals surface area (Å²) in [5.74, 6) is 1.60. The minimum absolute atomic E-state index is 0.0577. The van der Waals surface area contributed by atoms with Crippen LogP contribution in [-0.4, -0.2) is 39.9 Å². The van der Waals surface area contributed by atoms with E-state index >= 15 is 0 Å². The second-order valence-electron chi connectivity index (χ2n) is 12.0. The molecule has 0 saturated carbocycles. The second kappa shape index (κ2) is 10.6. The first kappa shape index (κ1) is 27.3. The molecule has 2 heterocycles. The molecule has 1 atom stereocenters. The number of nitrogens with zero attached hydrogens (tertiary/aromatic N) is 3. The van der Waals surface area contributed by atoms with E-state index in [2.05, 4.69) is 36.7 Å². The fraction of sp³-hybridized carbons (Fsp3) is 0.517. The molecule has 8 heteroatoms. The lowest BCUT2D eigenvalue weighted by atomic mass is 9.94. The fourth-order valence-electron chi connectivity index (χ4n) is 4.49. The zero-order chi connectivity index (χ0) is 27.0. The summed E-state index contributed by atoms with van der Waals surface area (Å²) in [6.07, 6.45) is 2.14. The monoisotopic (exact) mass is 524 g/mol. The SMILES string of the molecule is CN(c1ccc2c(c1)nc(C(C)(C)C)n2CC1CCOCC1)S(=O)c1ccc(NC(=O)C(C)(C)C)cc1. The summed E-state index contributed by atoms with van der Waals surface area (Å²) >= 11 is 0. The van der Waals surface area contributed by atoms with E-state index in [1.54, 1.807) is 28.6 Å². The molecule has 7 nitrogen and oxygen atoms in total. The molecule has 2 aromatic carbocycles. The summed E-state index contributed by atoms with van der Waals surface area (Å²) < 4.78 is 23.1. The van der Waals surface area contributed by atoms with E-state index in [-0.39, 0.29) is 11.3 Å². The average Bonchev–Trinajstić information content (AvgIpc) is 3.22. The van der Waals surface area contributed by atoms with Crippen LogP contribution in [0.3, 0.4) is 0 Å². The average molecular weight is 525 g/mol. The highest BCUT2D eigenvalue weighted by Gasteiger charge is 2.26. The zero-order valence-electron chi connectivity index (χ0n) is 23.1. The molecule has 200 valence electrons. The van der Waals surface area contributed by atoms with Crippen molar-refractivity contribution in [1.29, 1.82) is 0 Å². The normalized spacial score (nSPS) is 16.1. The maximum Gasteiger partial charge on any atom is 0.229 e. The van der Waals surface area contributed by atoms with Gasteiger partial charge in [-0.2, -0.15) is 0 Å². The van der Waals surface area contributed by atoms with Crippen LogP contribution in [0.15, 0.2) is 47.4 Å². The number of benzene rings is 2. The number of rotatable bonds is 6. The molecule has 1 N–H and O–H groups in total. The number of amides is 1. The Kier molecular flexibility index (Phi) is 7.81. The van der Waals surface area contributed by atoms with Gasteiger partial charge in [-0.15, -0.1) is 0 Å². The van der Waals surface area contributed by atoms with Crippen LogP contribution in [-0.2, 0) is 32.5 Å². The molecule has 0 bridgehead atoms. The maximum absolute atomic E-state index is 13.4. The Balaban J connectivity index is 1.57. The molecule has 1 saturated heterocycles. The molecule has 3 aromatic rings. The first-order chi connectivity index (χ1) is 17.3. The van der Waals surface area contributed by atoms with Crippen LogP contribution in [0.2, 0.25) is 0 Å². The highest BCUT2D eigenvalue weighted by molar-refractivity contribution is 7.86. The summed E-state index contributed by atoms with van der Waals surface area (Å²) in [6.45, 7) is 14.8. The van der Waals surface area contributed by atoms with Crippen molar-refractivity contribution in [3.63, 3.8) is 0 Å². The predicted octanol–water partition coefficient (Wildman–Crippen LogP) is 5.90. The highest BCUT2D eigenvalue weighted by atomic mass is 32.2. The predicted molar refractivity (Wildman–Crippen MR) is 151 cm³/mol. The summed E-state index contributed by atoms with van der Waals surface area (Å²) in [5.41, 5.74) is 2.98. The minimum atomic E-state index is -1.41.